The molecular formula is C26H26BrN3O2. The molecule has 0 aliphatic heterocycles. The number of Topliss-reactive ketones (excluding diaryl/α,β-unsaturated/α-hetero) is 2. The molecule has 0 amide bonds. The third-order valence-corrected chi connectivity index (χ3v) is 5.95. The van der Waals surface area contributed by atoms with Gasteiger partial charge < -0.3 is 4.90 Å². The molecule has 4 rings (SSSR count). The van der Waals surface area contributed by atoms with Gasteiger partial charge in [0, 0.05) is 45.7 Å². The van der Waals surface area contributed by atoms with Crippen LogP contribution in [0, 0.1) is 0 Å². The third kappa shape index (κ3) is 5.37. The second kappa shape index (κ2) is 10.5. The van der Waals surface area contributed by atoms with E-state index in [1.807, 2.05) is 48.5 Å². The van der Waals surface area contributed by atoms with Gasteiger partial charge in [-0.3, -0.25) is 14.6 Å². The van der Waals surface area contributed by atoms with Crippen LogP contribution in [0.3, 0.4) is 0 Å². The molecular weight excluding hydrogens is 466 g/mol. The van der Waals surface area contributed by atoms with Crippen molar-refractivity contribution in [3.63, 3.8) is 0 Å². The first-order valence-electron chi connectivity index (χ1n) is 10.6. The van der Waals surface area contributed by atoms with Gasteiger partial charge >= 0.3 is 0 Å². The molecule has 0 radical (unpaired) electrons. The SMILES string of the molecule is CC(=O)c1ccc2nccc(Br)c2c1.CCN(CC)c1ccc2cc(C(C)=O)ccc2n1. The van der Waals surface area contributed by atoms with Crippen LogP contribution in [0.15, 0.2) is 65.3 Å². The summed E-state index contributed by atoms with van der Waals surface area (Å²) in [6, 6.07) is 17.1. The number of aromatic nitrogens is 2. The molecule has 0 fully saturated rings. The van der Waals surface area contributed by atoms with Crippen molar-refractivity contribution in [2.24, 2.45) is 0 Å². The zero-order chi connectivity index (χ0) is 23.3. The van der Waals surface area contributed by atoms with Crippen molar-refractivity contribution in [3.8, 4) is 0 Å². The Bertz CT molecular complexity index is 1280. The Kier molecular flexibility index (Phi) is 7.70. The number of halogens is 1. The van der Waals surface area contributed by atoms with Crippen LogP contribution < -0.4 is 4.90 Å². The normalized spacial score (nSPS) is 10.5. The number of carbonyl (C=O) groups excluding carboxylic acids is 2. The molecule has 0 bridgehead atoms. The summed E-state index contributed by atoms with van der Waals surface area (Å²) in [7, 11) is 0. The maximum Gasteiger partial charge on any atom is 0.159 e. The van der Waals surface area contributed by atoms with Crippen LogP contribution in [0.5, 0.6) is 0 Å². The Morgan fingerprint density at radius 2 is 1.47 bits per heavy atom. The van der Waals surface area contributed by atoms with Crippen molar-refractivity contribution in [2.75, 3.05) is 18.0 Å². The maximum absolute atomic E-state index is 11.3. The van der Waals surface area contributed by atoms with Crippen LogP contribution in [0.2, 0.25) is 0 Å². The van der Waals surface area contributed by atoms with Gasteiger partial charge in [0.1, 0.15) is 5.82 Å². The molecule has 0 aliphatic rings. The summed E-state index contributed by atoms with van der Waals surface area (Å²) in [6.07, 6.45) is 1.74. The molecule has 0 saturated carbocycles. The van der Waals surface area contributed by atoms with Gasteiger partial charge in [-0.25, -0.2) is 4.98 Å². The van der Waals surface area contributed by atoms with Gasteiger partial charge in [0.05, 0.1) is 11.0 Å². The summed E-state index contributed by atoms with van der Waals surface area (Å²) < 4.78 is 0.964. The fourth-order valence-electron chi connectivity index (χ4n) is 3.39. The average molecular weight is 492 g/mol. The van der Waals surface area contributed by atoms with E-state index in [0.29, 0.717) is 5.56 Å². The summed E-state index contributed by atoms with van der Waals surface area (Å²) in [6.45, 7) is 9.27. The van der Waals surface area contributed by atoms with Crippen LogP contribution >= 0.6 is 15.9 Å². The number of pyridine rings is 2. The largest absolute Gasteiger partial charge is 0.357 e. The molecule has 6 heteroatoms. The van der Waals surface area contributed by atoms with Crippen molar-refractivity contribution in [3.05, 3.63) is 76.4 Å². The van der Waals surface area contributed by atoms with Crippen molar-refractivity contribution in [1.29, 1.82) is 0 Å². The number of nitrogens with zero attached hydrogens (tertiary/aromatic N) is 3. The molecule has 0 unspecified atom stereocenters. The van der Waals surface area contributed by atoms with Gasteiger partial charge in [0.25, 0.3) is 0 Å². The summed E-state index contributed by atoms with van der Waals surface area (Å²) >= 11 is 3.43. The highest BCUT2D eigenvalue weighted by atomic mass is 79.9. The molecule has 164 valence electrons. The van der Waals surface area contributed by atoms with Crippen LogP contribution in [0.1, 0.15) is 48.4 Å². The molecule has 32 heavy (non-hydrogen) atoms. The number of rotatable bonds is 5. The molecule has 2 aromatic heterocycles. The quantitative estimate of drug-likeness (QED) is 0.298. The van der Waals surface area contributed by atoms with Gasteiger partial charge in [-0.1, -0.05) is 15.9 Å². The van der Waals surface area contributed by atoms with Crippen molar-refractivity contribution >= 4 is 55.1 Å². The lowest BCUT2D eigenvalue weighted by Crippen LogP contribution is -2.22. The highest BCUT2D eigenvalue weighted by Crippen LogP contribution is 2.23. The number of hydrogen-bond donors (Lipinski definition) is 0. The van der Waals surface area contributed by atoms with Gasteiger partial charge in [0.2, 0.25) is 0 Å². The Morgan fingerprint density at radius 3 is 2.09 bits per heavy atom. The summed E-state index contributed by atoms with van der Waals surface area (Å²) in [5.41, 5.74) is 3.28. The van der Waals surface area contributed by atoms with Gasteiger partial charge in [-0.2, -0.15) is 0 Å². The van der Waals surface area contributed by atoms with E-state index >= 15 is 0 Å². The number of anilines is 1. The van der Waals surface area contributed by atoms with Gasteiger partial charge in [-0.05, 0) is 82.3 Å². The molecule has 0 N–H and O–H groups in total. The van der Waals surface area contributed by atoms with Gasteiger partial charge in [0.15, 0.2) is 11.6 Å². The van der Waals surface area contributed by atoms with Gasteiger partial charge in [-0.15, -0.1) is 0 Å². The van der Waals surface area contributed by atoms with Crippen molar-refractivity contribution in [2.45, 2.75) is 27.7 Å². The van der Waals surface area contributed by atoms with E-state index in [-0.39, 0.29) is 11.6 Å². The van der Waals surface area contributed by atoms with E-state index < -0.39 is 0 Å². The number of fused-ring (bicyclic) bond motifs is 2. The highest BCUT2D eigenvalue weighted by molar-refractivity contribution is 9.10. The second-order valence-corrected chi connectivity index (χ2v) is 8.24. The maximum atomic E-state index is 11.3. The molecule has 2 aromatic carbocycles. The predicted octanol–water partition coefficient (Wildman–Crippen LogP) is 6.48. The van der Waals surface area contributed by atoms with Crippen molar-refractivity contribution in [1.82, 2.24) is 9.97 Å². The number of carbonyl (C=O) groups is 2. The average Bonchev–Trinajstić information content (AvgIpc) is 2.80. The Balaban J connectivity index is 0.000000186. The standard InChI is InChI=1S/C15H18N2O.C11H8BrNO/c1-4-17(5-2)15-9-7-13-10-12(11(3)18)6-8-14(13)16-15;1-7(14)8-2-3-11-9(6-8)10(12)4-5-13-11/h6-10H,4-5H2,1-3H3;2-6H,1H3. The highest BCUT2D eigenvalue weighted by Gasteiger charge is 2.06. The van der Waals surface area contributed by atoms with E-state index in [0.717, 1.165) is 50.7 Å². The summed E-state index contributed by atoms with van der Waals surface area (Å²) in [5, 5.41) is 1.99. The van der Waals surface area contributed by atoms with Crippen LogP contribution in [0.4, 0.5) is 5.82 Å². The summed E-state index contributed by atoms with van der Waals surface area (Å²) in [4.78, 5) is 33.5. The minimum absolute atomic E-state index is 0.0719. The monoisotopic (exact) mass is 491 g/mol. The number of ketones is 2. The lowest BCUT2D eigenvalue weighted by molar-refractivity contribution is 0.100. The van der Waals surface area contributed by atoms with Crippen LogP contribution in [-0.2, 0) is 0 Å². The molecule has 0 saturated heterocycles. The zero-order valence-corrected chi connectivity index (χ0v) is 20.3. The number of benzene rings is 2. The fourth-order valence-corrected chi connectivity index (χ4v) is 3.83. The fraction of sp³-hybridized carbons (Fsp3) is 0.231. The van der Waals surface area contributed by atoms with Crippen LogP contribution in [0.25, 0.3) is 21.8 Å². The Labute approximate surface area is 196 Å². The van der Waals surface area contributed by atoms with Crippen LogP contribution in [-0.4, -0.2) is 34.6 Å². The first-order chi connectivity index (χ1) is 15.3. The predicted molar refractivity (Wildman–Crippen MR) is 135 cm³/mol. The second-order valence-electron chi connectivity index (χ2n) is 7.39. The van der Waals surface area contributed by atoms with E-state index in [2.05, 4.69) is 44.6 Å². The first-order valence-corrected chi connectivity index (χ1v) is 11.3. The van der Waals surface area contributed by atoms with E-state index in [4.69, 9.17) is 0 Å². The molecule has 5 nitrogen and oxygen atoms in total. The zero-order valence-electron chi connectivity index (χ0n) is 18.7. The van der Waals surface area contributed by atoms with Crippen molar-refractivity contribution < 1.29 is 9.59 Å². The third-order valence-electron chi connectivity index (χ3n) is 5.26. The smallest absolute Gasteiger partial charge is 0.159 e. The molecule has 0 spiro atoms. The molecule has 0 aliphatic carbocycles. The Hall–Kier alpha value is -3.12. The molecule has 4 aromatic rings. The minimum Gasteiger partial charge on any atom is -0.357 e. The number of hydrogen-bond acceptors (Lipinski definition) is 5. The minimum atomic E-state index is 0.0719. The first kappa shape index (κ1) is 23.5. The van der Waals surface area contributed by atoms with E-state index in [9.17, 15) is 9.59 Å². The van der Waals surface area contributed by atoms with E-state index in [1.54, 1.807) is 26.1 Å². The summed E-state index contributed by atoms with van der Waals surface area (Å²) in [5.74, 6) is 1.15. The lowest BCUT2D eigenvalue weighted by Gasteiger charge is -2.19. The molecule has 2 heterocycles. The lowest BCUT2D eigenvalue weighted by atomic mass is 10.1. The molecule has 0 atom stereocenters. The topological polar surface area (TPSA) is 63.2 Å². The van der Waals surface area contributed by atoms with E-state index in [1.165, 1.54) is 0 Å². The Morgan fingerprint density at radius 1 is 0.844 bits per heavy atom.